The molecule has 0 aliphatic heterocycles. The summed E-state index contributed by atoms with van der Waals surface area (Å²) in [5, 5.41) is 4.50. The van der Waals surface area contributed by atoms with Crippen LogP contribution in [-0.2, 0) is 0 Å². The summed E-state index contributed by atoms with van der Waals surface area (Å²) in [5.74, 6) is 1.36. The molecule has 2 aromatic carbocycles. The Morgan fingerprint density at radius 1 is 1.12 bits per heavy atom. The van der Waals surface area contributed by atoms with Crippen LogP contribution in [0.2, 0.25) is 0 Å². The summed E-state index contributed by atoms with van der Waals surface area (Å²) in [6, 6.07) is 15.9. The summed E-state index contributed by atoms with van der Waals surface area (Å²) in [6.45, 7) is 7.07. The maximum Gasteiger partial charge on any atom is 0.238 e. The highest BCUT2D eigenvalue weighted by Crippen LogP contribution is 2.31. The molecular formula is C21H24N4O. The Labute approximate surface area is 154 Å². The maximum absolute atomic E-state index is 6.00. The van der Waals surface area contributed by atoms with Crippen LogP contribution in [-0.4, -0.2) is 34.6 Å². The Balaban J connectivity index is 1.79. The molecule has 0 saturated heterocycles. The lowest BCUT2D eigenvalue weighted by Gasteiger charge is -2.11. The van der Waals surface area contributed by atoms with Gasteiger partial charge in [0.15, 0.2) is 0 Å². The first-order chi connectivity index (χ1) is 12.6. The van der Waals surface area contributed by atoms with Crippen molar-refractivity contribution in [1.82, 2.24) is 14.7 Å². The van der Waals surface area contributed by atoms with E-state index in [1.807, 2.05) is 86.9 Å². The standard InChI is InChI=1S/C21H24N4O/c1-5-24(4)15-22-19-13-17(3)20(14-16(19)2)26-21-11-12-25(23-21)18-9-7-6-8-10-18/h6-15H,5H2,1-4H3. The van der Waals surface area contributed by atoms with Gasteiger partial charge in [0.2, 0.25) is 5.88 Å². The highest BCUT2D eigenvalue weighted by atomic mass is 16.5. The highest BCUT2D eigenvalue weighted by molar-refractivity contribution is 5.64. The van der Waals surface area contributed by atoms with Gasteiger partial charge in [0.25, 0.3) is 0 Å². The topological polar surface area (TPSA) is 42.6 Å². The predicted molar refractivity (Wildman–Crippen MR) is 106 cm³/mol. The van der Waals surface area contributed by atoms with Crippen molar-refractivity contribution in [3.8, 4) is 17.3 Å². The Bertz CT molecular complexity index is 900. The first-order valence-corrected chi connectivity index (χ1v) is 8.71. The van der Waals surface area contributed by atoms with Crippen molar-refractivity contribution < 1.29 is 4.74 Å². The number of aliphatic imine (C=N–C) groups is 1. The lowest BCUT2D eigenvalue weighted by molar-refractivity contribution is 0.454. The van der Waals surface area contributed by atoms with Crippen LogP contribution in [0.25, 0.3) is 5.69 Å². The number of hydrogen-bond donors (Lipinski definition) is 0. The normalized spacial score (nSPS) is 11.1. The average Bonchev–Trinajstić information content (AvgIpc) is 3.12. The van der Waals surface area contributed by atoms with Crippen molar-refractivity contribution >= 4 is 12.0 Å². The lowest BCUT2D eigenvalue weighted by Crippen LogP contribution is -2.14. The van der Waals surface area contributed by atoms with Gasteiger partial charge >= 0.3 is 0 Å². The first-order valence-electron chi connectivity index (χ1n) is 8.71. The number of para-hydroxylation sites is 1. The van der Waals surface area contributed by atoms with Crippen LogP contribution in [0.4, 0.5) is 5.69 Å². The van der Waals surface area contributed by atoms with Crippen LogP contribution in [0.1, 0.15) is 18.1 Å². The second-order valence-electron chi connectivity index (χ2n) is 6.26. The first kappa shape index (κ1) is 17.7. The van der Waals surface area contributed by atoms with E-state index in [1.165, 1.54) is 0 Å². The summed E-state index contributed by atoms with van der Waals surface area (Å²) < 4.78 is 7.80. The van der Waals surface area contributed by atoms with Crippen molar-refractivity contribution in [2.24, 2.45) is 4.99 Å². The summed E-state index contributed by atoms with van der Waals surface area (Å²) in [5.41, 5.74) is 4.04. The van der Waals surface area contributed by atoms with Gasteiger partial charge in [-0.25, -0.2) is 9.67 Å². The zero-order chi connectivity index (χ0) is 18.5. The molecule has 3 rings (SSSR count). The monoisotopic (exact) mass is 348 g/mol. The fourth-order valence-electron chi connectivity index (χ4n) is 2.46. The summed E-state index contributed by atoms with van der Waals surface area (Å²) in [4.78, 5) is 6.59. The van der Waals surface area contributed by atoms with Gasteiger partial charge in [0, 0.05) is 25.9 Å². The van der Waals surface area contributed by atoms with E-state index in [0.717, 1.165) is 34.8 Å². The molecular weight excluding hydrogens is 324 g/mol. The fourth-order valence-corrected chi connectivity index (χ4v) is 2.46. The summed E-state index contributed by atoms with van der Waals surface area (Å²) in [7, 11) is 2.01. The maximum atomic E-state index is 6.00. The Hall–Kier alpha value is -3.08. The second-order valence-corrected chi connectivity index (χ2v) is 6.26. The molecule has 3 aromatic rings. The van der Waals surface area contributed by atoms with E-state index in [9.17, 15) is 0 Å². The van der Waals surface area contributed by atoms with E-state index in [1.54, 1.807) is 4.68 Å². The molecule has 26 heavy (non-hydrogen) atoms. The smallest absolute Gasteiger partial charge is 0.238 e. The van der Waals surface area contributed by atoms with Crippen molar-refractivity contribution in [1.29, 1.82) is 0 Å². The Morgan fingerprint density at radius 2 is 1.88 bits per heavy atom. The Morgan fingerprint density at radius 3 is 2.62 bits per heavy atom. The van der Waals surface area contributed by atoms with Gasteiger partial charge in [-0.1, -0.05) is 18.2 Å². The molecule has 134 valence electrons. The van der Waals surface area contributed by atoms with Gasteiger partial charge in [-0.2, -0.15) is 0 Å². The van der Waals surface area contributed by atoms with Crippen LogP contribution >= 0.6 is 0 Å². The molecule has 0 bridgehead atoms. The zero-order valence-electron chi connectivity index (χ0n) is 15.7. The largest absolute Gasteiger partial charge is 0.437 e. The average molecular weight is 348 g/mol. The van der Waals surface area contributed by atoms with Crippen LogP contribution in [0.5, 0.6) is 11.6 Å². The number of aryl methyl sites for hydroxylation is 2. The van der Waals surface area contributed by atoms with E-state index in [4.69, 9.17) is 4.74 Å². The molecule has 0 aliphatic carbocycles. The van der Waals surface area contributed by atoms with Crippen molar-refractivity contribution in [3.63, 3.8) is 0 Å². The summed E-state index contributed by atoms with van der Waals surface area (Å²) >= 11 is 0. The summed E-state index contributed by atoms with van der Waals surface area (Å²) in [6.07, 6.45) is 3.75. The van der Waals surface area contributed by atoms with Gasteiger partial charge < -0.3 is 9.64 Å². The van der Waals surface area contributed by atoms with Gasteiger partial charge in [-0.05, 0) is 56.2 Å². The minimum Gasteiger partial charge on any atom is -0.437 e. The lowest BCUT2D eigenvalue weighted by atomic mass is 10.1. The minimum atomic E-state index is 0.568. The van der Waals surface area contributed by atoms with E-state index in [2.05, 4.69) is 17.0 Å². The van der Waals surface area contributed by atoms with Crippen LogP contribution < -0.4 is 4.74 Å². The van der Waals surface area contributed by atoms with E-state index in [-0.39, 0.29) is 0 Å². The number of ether oxygens (including phenoxy) is 1. The third kappa shape index (κ3) is 4.11. The zero-order valence-corrected chi connectivity index (χ0v) is 15.7. The van der Waals surface area contributed by atoms with Crippen molar-refractivity contribution in [3.05, 3.63) is 65.9 Å². The van der Waals surface area contributed by atoms with Gasteiger partial charge in [-0.15, -0.1) is 5.10 Å². The molecule has 0 amide bonds. The predicted octanol–water partition coefficient (Wildman–Crippen LogP) is 4.89. The van der Waals surface area contributed by atoms with E-state index >= 15 is 0 Å². The van der Waals surface area contributed by atoms with Gasteiger partial charge in [-0.3, -0.25) is 0 Å². The molecule has 5 heteroatoms. The molecule has 1 aromatic heterocycles. The minimum absolute atomic E-state index is 0.568. The third-order valence-corrected chi connectivity index (χ3v) is 4.19. The van der Waals surface area contributed by atoms with E-state index in [0.29, 0.717) is 5.88 Å². The highest BCUT2D eigenvalue weighted by Gasteiger charge is 2.09. The molecule has 0 spiro atoms. The number of rotatable bonds is 6. The SMILES string of the molecule is CCN(C)C=Nc1cc(C)c(Oc2ccn(-c3ccccc3)n2)cc1C. The van der Waals surface area contributed by atoms with Crippen molar-refractivity contribution in [2.45, 2.75) is 20.8 Å². The molecule has 5 nitrogen and oxygen atoms in total. The molecule has 0 N–H and O–H groups in total. The van der Waals surface area contributed by atoms with Gasteiger partial charge in [0.1, 0.15) is 5.75 Å². The molecule has 1 heterocycles. The molecule has 0 radical (unpaired) electrons. The van der Waals surface area contributed by atoms with Crippen LogP contribution in [0.3, 0.4) is 0 Å². The molecule has 0 unspecified atom stereocenters. The number of hydrogen-bond acceptors (Lipinski definition) is 3. The van der Waals surface area contributed by atoms with Crippen LogP contribution in [0, 0.1) is 13.8 Å². The van der Waals surface area contributed by atoms with Gasteiger partial charge in [0.05, 0.1) is 17.7 Å². The van der Waals surface area contributed by atoms with Crippen molar-refractivity contribution in [2.75, 3.05) is 13.6 Å². The van der Waals surface area contributed by atoms with E-state index < -0.39 is 0 Å². The third-order valence-electron chi connectivity index (χ3n) is 4.19. The number of nitrogens with zero attached hydrogens (tertiary/aromatic N) is 4. The molecule has 0 aliphatic rings. The molecule has 0 saturated carbocycles. The molecule has 0 atom stereocenters. The second kappa shape index (κ2) is 7.87. The quantitative estimate of drug-likeness (QED) is 0.470. The number of aromatic nitrogens is 2. The number of benzene rings is 2. The molecule has 0 fully saturated rings. The van der Waals surface area contributed by atoms with Crippen LogP contribution in [0.15, 0.2) is 59.7 Å². The Kier molecular flexibility index (Phi) is 5.37. The fraction of sp³-hybridized carbons (Fsp3) is 0.238.